The molecule has 82 valence electrons. The van der Waals surface area contributed by atoms with E-state index in [2.05, 4.69) is 23.6 Å². The first kappa shape index (κ1) is 13.4. The molecule has 0 radical (unpaired) electrons. The fourth-order valence-corrected chi connectivity index (χ4v) is 0.978. The minimum Gasteiger partial charge on any atom is -0.355 e. The summed E-state index contributed by atoms with van der Waals surface area (Å²) in [5.74, 6) is 0.0233. The lowest BCUT2D eigenvalue weighted by molar-refractivity contribution is -0.120. The summed E-state index contributed by atoms with van der Waals surface area (Å²) in [4.78, 5) is 15.0. The molecule has 3 heteroatoms. The minimum absolute atomic E-state index is 0.0233. The van der Waals surface area contributed by atoms with E-state index in [1.807, 2.05) is 19.1 Å². The van der Waals surface area contributed by atoms with Gasteiger partial charge in [-0.3, -0.25) is 9.79 Å². The van der Waals surface area contributed by atoms with Gasteiger partial charge >= 0.3 is 0 Å². The Balaban J connectivity index is 3.77. The molecule has 0 unspecified atom stereocenters. The van der Waals surface area contributed by atoms with Crippen molar-refractivity contribution in [1.82, 2.24) is 5.32 Å². The lowest BCUT2D eigenvalue weighted by Crippen LogP contribution is -2.23. The van der Waals surface area contributed by atoms with Gasteiger partial charge in [0.05, 0.1) is 0 Å². The van der Waals surface area contributed by atoms with Gasteiger partial charge in [-0.05, 0) is 19.7 Å². The Morgan fingerprint density at radius 1 is 1.53 bits per heavy atom. The van der Waals surface area contributed by atoms with Crippen molar-refractivity contribution in [3.05, 3.63) is 36.6 Å². The number of hydrogen-bond acceptors (Lipinski definition) is 2. The molecule has 0 aliphatic rings. The van der Waals surface area contributed by atoms with Gasteiger partial charge in [0.2, 0.25) is 5.91 Å². The number of hydrogen-bond donors (Lipinski definition) is 1. The van der Waals surface area contributed by atoms with Crippen molar-refractivity contribution in [3.63, 3.8) is 0 Å². The van der Waals surface area contributed by atoms with Crippen LogP contribution in [0, 0.1) is 0 Å². The lowest BCUT2D eigenvalue weighted by Gasteiger charge is -2.03. The summed E-state index contributed by atoms with van der Waals surface area (Å²) >= 11 is 0. The third-order valence-corrected chi connectivity index (χ3v) is 1.76. The highest BCUT2D eigenvalue weighted by atomic mass is 16.1. The zero-order valence-electron chi connectivity index (χ0n) is 9.20. The van der Waals surface area contributed by atoms with Gasteiger partial charge in [0.25, 0.3) is 0 Å². The number of nitrogens with one attached hydrogen (secondary N) is 1. The summed E-state index contributed by atoms with van der Waals surface area (Å²) in [5.41, 5.74) is 0.830. The number of amides is 1. The Kier molecular flexibility index (Phi) is 7.96. The van der Waals surface area contributed by atoms with Crippen LogP contribution in [0.4, 0.5) is 0 Å². The SMILES string of the molecule is C=C/C=C(/CCNC(=O)C/C=C\C)N=C. The van der Waals surface area contributed by atoms with Gasteiger partial charge in [-0.2, -0.15) is 0 Å². The van der Waals surface area contributed by atoms with Crippen molar-refractivity contribution in [2.45, 2.75) is 19.8 Å². The maximum Gasteiger partial charge on any atom is 0.223 e. The van der Waals surface area contributed by atoms with Gasteiger partial charge in [0.1, 0.15) is 0 Å². The van der Waals surface area contributed by atoms with Crippen LogP contribution in [0.3, 0.4) is 0 Å². The Bertz CT molecular complexity index is 277. The predicted molar refractivity (Wildman–Crippen MR) is 64.9 cm³/mol. The van der Waals surface area contributed by atoms with E-state index in [1.165, 1.54) is 0 Å². The zero-order chi connectivity index (χ0) is 11.5. The Morgan fingerprint density at radius 2 is 2.27 bits per heavy atom. The monoisotopic (exact) mass is 206 g/mol. The lowest BCUT2D eigenvalue weighted by atomic mass is 10.3. The average molecular weight is 206 g/mol. The molecule has 0 aliphatic carbocycles. The molecule has 0 aromatic carbocycles. The third kappa shape index (κ3) is 7.43. The van der Waals surface area contributed by atoms with Crippen LogP contribution in [0.25, 0.3) is 0 Å². The maximum atomic E-state index is 11.2. The third-order valence-electron chi connectivity index (χ3n) is 1.76. The second-order valence-electron chi connectivity index (χ2n) is 2.92. The first-order chi connectivity index (χ1) is 7.24. The molecule has 1 amide bonds. The van der Waals surface area contributed by atoms with E-state index in [0.29, 0.717) is 19.4 Å². The van der Waals surface area contributed by atoms with Gasteiger partial charge in [0.15, 0.2) is 0 Å². The van der Waals surface area contributed by atoms with Crippen LogP contribution in [0.5, 0.6) is 0 Å². The zero-order valence-corrected chi connectivity index (χ0v) is 9.20. The number of allylic oxidation sites excluding steroid dienone is 3. The predicted octanol–water partition coefficient (Wildman–Crippen LogP) is 2.23. The largest absolute Gasteiger partial charge is 0.355 e. The van der Waals surface area contributed by atoms with E-state index in [1.54, 1.807) is 12.2 Å². The molecular weight excluding hydrogens is 188 g/mol. The Labute approximate surface area is 91.3 Å². The number of nitrogens with zero attached hydrogens (tertiary/aromatic N) is 1. The fourth-order valence-electron chi connectivity index (χ4n) is 0.978. The molecule has 0 aliphatic heterocycles. The normalized spacial score (nSPS) is 11.4. The molecule has 0 aromatic rings. The van der Waals surface area contributed by atoms with E-state index in [0.717, 1.165) is 5.70 Å². The molecule has 0 fully saturated rings. The van der Waals surface area contributed by atoms with E-state index in [-0.39, 0.29) is 5.91 Å². The number of aliphatic imine (C=N–C) groups is 1. The molecular formula is C12H18N2O. The fraction of sp³-hybridized carbons (Fsp3) is 0.333. The van der Waals surface area contributed by atoms with Crippen molar-refractivity contribution < 1.29 is 4.79 Å². The standard InChI is InChI=1S/C12H18N2O/c1-4-6-8-12(15)14-10-9-11(13-3)7-5-2/h4-7H,2-3,8-10H2,1H3,(H,14,15)/b6-4-,11-7-. The summed E-state index contributed by atoms with van der Waals surface area (Å²) in [5, 5.41) is 2.79. The average Bonchev–Trinajstić information content (AvgIpc) is 2.25. The highest BCUT2D eigenvalue weighted by Crippen LogP contribution is 2.00. The van der Waals surface area contributed by atoms with Crippen molar-refractivity contribution >= 4 is 12.6 Å². The topological polar surface area (TPSA) is 41.5 Å². The molecule has 0 saturated carbocycles. The number of rotatable bonds is 7. The molecule has 0 saturated heterocycles. The highest BCUT2D eigenvalue weighted by molar-refractivity contribution is 5.77. The molecule has 0 spiro atoms. The highest BCUT2D eigenvalue weighted by Gasteiger charge is 1.97. The minimum atomic E-state index is 0.0233. The van der Waals surface area contributed by atoms with Crippen LogP contribution in [0.1, 0.15) is 19.8 Å². The molecule has 0 aromatic heterocycles. The quantitative estimate of drug-likeness (QED) is 0.387. The van der Waals surface area contributed by atoms with Gasteiger partial charge in [-0.1, -0.05) is 24.8 Å². The van der Waals surface area contributed by atoms with Crippen molar-refractivity contribution in [2.75, 3.05) is 6.54 Å². The molecule has 0 rings (SSSR count). The van der Waals surface area contributed by atoms with E-state index < -0.39 is 0 Å². The smallest absolute Gasteiger partial charge is 0.223 e. The van der Waals surface area contributed by atoms with Crippen LogP contribution in [-0.4, -0.2) is 19.2 Å². The van der Waals surface area contributed by atoms with E-state index in [9.17, 15) is 4.79 Å². The molecule has 0 atom stereocenters. The summed E-state index contributed by atoms with van der Waals surface area (Å²) in [6.45, 7) is 9.48. The van der Waals surface area contributed by atoms with E-state index in [4.69, 9.17) is 0 Å². The number of carbonyl (C=O) groups is 1. The van der Waals surface area contributed by atoms with Crippen LogP contribution < -0.4 is 5.32 Å². The van der Waals surface area contributed by atoms with E-state index >= 15 is 0 Å². The van der Waals surface area contributed by atoms with Crippen LogP contribution in [-0.2, 0) is 4.79 Å². The van der Waals surface area contributed by atoms with Crippen LogP contribution >= 0.6 is 0 Å². The van der Waals surface area contributed by atoms with Crippen LogP contribution in [0.2, 0.25) is 0 Å². The first-order valence-electron chi connectivity index (χ1n) is 4.90. The Hall–Kier alpha value is -1.64. The van der Waals surface area contributed by atoms with Crippen molar-refractivity contribution in [3.8, 4) is 0 Å². The Morgan fingerprint density at radius 3 is 2.80 bits per heavy atom. The molecule has 0 heterocycles. The molecule has 15 heavy (non-hydrogen) atoms. The molecule has 1 N–H and O–H groups in total. The summed E-state index contributed by atoms with van der Waals surface area (Å²) in [6, 6.07) is 0. The van der Waals surface area contributed by atoms with Crippen LogP contribution in [0.15, 0.2) is 41.6 Å². The van der Waals surface area contributed by atoms with Gasteiger partial charge in [-0.15, -0.1) is 0 Å². The van der Waals surface area contributed by atoms with Crippen molar-refractivity contribution in [2.24, 2.45) is 4.99 Å². The second-order valence-corrected chi connectivity index (χ2v) is 2.92. The summed E-state index contributed by atoms with van der Waals surface area (Å²) in [7, 11) is 0. The summed E-state index contributed by atoms with van der Waals surface area (Å²) in [6.07, 6.45) is 8.22. The second kappa shape index (κ2) is 8.94. The number of carbonyl (C=O) groups excluding carboxylic acids is 1. The first-order valence-corrected chi connectivity index (χ1v) is 4.90. The molecule has 3 nitrogen and oxygen atoms in total. The van der Waals surface area contributed by atoms with Crippen molar-refractivity contribution in [1.29, 1.82) is 0 Å². The van der Waals surface area contributed by atoms with Gasteiger partial charge < -0.3 is 5.32 Å². The summed E-state index contributed by atoms with van der Waals surface area (Å²) < 4.78 is 0. The van der Waals surface area contributed by atoms with Gasteiger partial charge in [-0.25, -0.2) is 0 Å². The maximum absolute atomic E-state index is 11.2. The molecule has 0 bridgehead atoms. The van der Waals surface area contributed by atoms with Gasteiger partial charge in [0, 0.05) is 25.1 Å².